The van der Waals surface area contributed by atoms with Crippen LogP contribution in [0, 0.1) is 15.9 Å². The highest BCUT2D eigenvalue weighted by Crippen LogP contribution is 2.49. The maximum atomic E-state index is 13.2. The second-order valence-electron chi connectivity index (χ2n) is 5.98. The third-order valence-electron chi connectivity index (χ3n) is 3.60. The van der Waals surface area contributed by atoms with Crippen molar-refractivity contribution in [2.24, 2.45) is 0 Å². The third kappa shape index (κ3) is 3.37. The van der Waals surface area contributed by atoms with Gasteiger partial charge in [-0.25, -0.2) is 4.39 Å². The Hall–Kier alpha value is -3.89. The highest BCUT2D eigenvalue weighted by Gasteiger charge is 2.32. The van der Waals surface area contributed by atoms with Crippen molar-refractivity contribution < 1.29 is 33.9 Å². The van der Waals surface area contributed by atoms with Crippen LogP contribution in [0.5, 0.6) is 23.0 Å². The number of ether oxygens (including phenoxy) is 1. The van der Waals surface area contributed by atoms with E-state index in [4.69, 9.17) is 9.26 Å². The quantitative estimate of drug-likeness (QED) is 0.337. The van der Waals surface area contributed by atoms with Crippen molar-refractivity contribution in [1.29, 1.82) is 0 Å². The predicted molar refractivity (Wildman–Crippen MR) is 92.5 cm³/mol. The minimum absolute atomic E-state index is 0.0454. The zero-order chi connectivity index (χ0) is 20.6. The molecule has 10 nitrogen and oxygen atoms in total. The number of hydrogen-bond acceptors (Lipinski definition) is 9. The summed E-state index contributed by atoms with van der Waals surface area (Å²) >= 11 is 0. The Labute approximate surface area is 156 Å². The summed E-state index contributed by atoms with van der Waals surface area (Å²) < 4.78 is 23.8. The first-order valence-electron chi connectivity index (χ1n) is 7.92. The van der Waals surface area contributed by atoms with Crippen LogP contribution in [-0.2, 0) is 0 Å². The zero-order valence-electron chi connectivity index (χ0n) is 14.6. The number of aromatic nitrogens is 2. The molecule has 3 aromatic rings. The summed E-state index contributed by atoms with van der Waals surface area (Å²) in [7, 11) is 0. The number of nitrogens with zero attached hydrogens (tertiary/aromatic N) is 3. The molecule has 0 radical (unpaired) electrons. The predicted octanol–water partition coefficient (Wildman–Crippen LogP) is 3.35. The van der Waals surface area contributed by atoms with E-state index < -0.39 is 39.8 Å². The van der Waals surface area contributed by atoms with Crippen molar-refractivity contribution in [3.8, 4) is 45.8 Å². The second-order valence-corrected chi connectivity index (χ2v) is 5.98. The molecule has 1 heterocycles. The molecule has 0 saturated carbocycles. The maximum Gasteiger partial charge on any atom is 0.356 e. The number of rotatable bonds is 5. The molecule has 3 rings (SSSR count). The standard InChI is InChI=1S/C17H14FN3O7/c1-7(2)27-15-9(6-12(23)14(24)13(15)21(25)26)17-19-16(20-28-17)8-3-4-10(18)11(22)5-8/h3-7,22-24H,1-2H3. The van der Waals surface area contributed by atoms with Gasteiger partial charge in [-0.3, -0.25) is 10.1 Å². The summed E-state index contributed by atoms with van der Waals surface area (Å²) in [6, 6.07) is 4.36. The van der Waals surface area contributed by atoms with E-state index in [1.165, 1.54) is 6.07 Å². The van der Waals surface area contributed by atoms with E-state index >= 15 is 0 Å². The Balaban J connectivity index is 2.17. The fourth-order valence-electron chi connectivity index (χ4n) is 2.41. The van der Waals surface area contributed by atoms with E-state index in [0.717, 1.165) is 18.2 Å². The average Bonchev–Trinajstić information content (AvgIpc) is 3.09. The first kappa shape index (κ1) is 18.9. The van der Waals surface area contributed by atoms with Gasteiger partial charge in [-0.2, -0.15) is 4.98 Å². The van der Waals surface area contributed by atoms with Crippen molar-refractivity contribution >= 4 is 5.69 Å². The van der Waals surface area contributed by atoms with Crippen LogP contribution in [-0.4, -0.2) is 36.5 Å². The molecule has 0 atom stereocenters. The molecule has 28 heavy (non-hydrogen) atoms. The van der Waals surface area contributed by atoms with Crippen molar-refractivity contribution in [3.05, 3.63) is 40.2 Å². The van der Waals surface area contributed by atoms with Gasteiger partial charge in [0.05, 0.1) is 16.6 Å². The van der Waals surface area contributed by atoms with Gasteiger partial charge in [0.15, 0.2) is 17.3 Å². The minimum atomic E-state index is -0.965. The number of aromatic hydroxyl groups is 3. The Morgan fingerprint density at radius 1 is 1.21 bits per heavy atom. The molecule has 0 bridgehead atoms. The summed E-state index contributed by atoms with van der Waals surface area (Å²) in [4.78, 5) is 14.5. The smallest absolute Gasteiger partial charge is 0.356 e. The first-order chi connectivity index (χ1) is 13.2. The first-order valence-corrected chi connectivity index (χ1v) is 7.92. The Morgan fingerprint density at radius 3 is 2.54 bits per heavy atom. The van der Waals surface area contributed by atoms with Gasteiger partial charge < -0.3 is 24.6 Å². The van der Waals surface area contributed by atoms with Crippen LogP contribution in [0.1, 0.15) is 13.8 Å². The van der Waals surface area contributed by atoms with E-state index in [1.807, 2.05) is 0 Å². The lowest BCUT2D eigenvalue weighted by molar-refractivity contribution is -0.387. The lowest BCUT2D eigenvalue weighted by Crippen LogP contribution is -2.09. The molecule has 11 heteroatoms. The zero-order valence-corrected chi connectivity index (χ0v) is 14.6. The Morgan fingerprint density at radius 2 is 1.93 bits per heavy atom. The minimum Gasteiger partial charge on any atom is -0.505 e. The fraction of sp³-hybridized carbons (Fsp3) is 0.176. The fourth-order valence-corrected chi connectivity index (χ4v) is 2.41. The molecule has 0 unspecified atom stereocenters. The molecular formula is C17H14FN3O7. The van der Waals surface area contributed by atoms with Gasteiger partial charge in [-0.05, 0) is 32.0 Å². The number of nitro groups is 1. The SMILES string of the molecule is CC(C)Oc1c(-c2nc(-c3ccc(F)c(O)c3)no2)cc(O)c(O)c1[N+](=O)[O-]. The lowest BCUT2D eigenvalue weighted by Gasteiger charge is -2.14. The molecule has 0 spiro atoms. The van der Waals surface area contributed by atoms with E-state index in [0.29, 0.717) is 0 Å². The number of phenolic OH excluding ortho intramolecular Hbond substituents is 3. The van der Waals surface area contributed by atoms with Gasteiger partial charge in [-0.1, -0.05) is 5.16 Å². The summed E-state index contributed by atoms with van der Waals surface area (Å²) in [5, 5.41) is 44.3. The van der Waals surface area contributed by atoms with E-state index in [1.54, 1.807) is 13.8 Å². The van der Waals surface area contributed by atoms with Crippen molar-refractivity contribution in [2.75, 3.05) is 0 Å². The topological polar surface area (TPSA) is 152 Å². The van der Waals surface area contributed by atoms with E-state index in [-0.39, 0.29) is 28.6 Å². The van der Waals surface area contributed by atoms with E-state index in [9.17, 15) is 29.8 Å². The molecule has 146 valence electrons. The monoisotopic (exact) mass is 391 g/mol. The van der Waals surface area contributed by atoms with Crippen LogP contribution < -0.4 is 4.74 Å². The number of nitro benzene ring substituents is 1. The number of halogens is 1. The van der Waals surface area contributed by atoms with Crippen LogP contribution in [0.2, 0.25) is 0 Å². The van der Waals surface area contributed by atoms with Crippen LogP contribution in [0.25, 0.3) is 22.8 Å². The number of hydrogen-bond donors (Lipinski definition) is 3. The van der Waals surface area contributed by atoms with Crippen LogP contribution in [0.4, 0.5) is 10.1 Å². The summed E-state index contributed by atoms with van der Waals surface area (Å²) in [6.45, 7) is 3.22. The summed E-state index contributed by atoms with van der Waals surface area (Å²) in [6.07, 6.45) is -0.516. The molecule has 0 aliphatic rings. The van der Waals surface area contributed by atoms with Crippen molar-refractivity contribution in [2.45, 2.75) is 20.0 Å². The summed E-state index contributed by atoms with van der Waals surface area (Å²) in [5.41, 5.74) is -0.763. The molecular weight excluding hydrogens is 377 g/mol. The Kier molecular flexibility index (Phi) is 4.74. The van der Waals surface area contributed by atoms with Gasteiger partial charge in [0.2, 0.25) is 17.3 Å². The van der Waals surface area contributed by atoms with Crippen molar-refractivity contribution in [3.63, 3.8) is 0 Å². The normalized spacial score (nSPS) is 11.0. The molecule has 0 aliphatic heterocycles. The number of benzene rings is 2. The van der Waals surface area contributed by atoms with Gasteiger partial charge in [0, 0.05) is 11.6 Å². The molecule has 3 N–H and O–H groups in total. The van der Waals surface area contributed by atoms with Crippen LogP contribution >= 0.6 is 0 Å². The largest absolute Gasteiger partial charge is 0.505 e. The Bertz CT molecular complexity index is 1070. The highest BCUT2D eigenvalue weighted by molar-refractivity contribution is 5.78. The molecule has 1 aromatic heterocycles. The molecule has 0 aliphatic carbocycles. The van der Waals surface area contributed by atoms with Gasteiger partial charge >= 0.3 is 5.69 Å². The highest BCUT2D eigenvalue weighted by atomic mass is 19.1. The molecule has 2 aromatic carbocycles. The van der Waals surface area contributed by atoms with Gasteiger partial charge in [0.25, 0.3) is 5.89 Å². The van der Waals surface area contributed by atoms with Crippen LogP contribution in [0.3, 0.4) is 0 Å². The van der Waals surface area contributed by atoms with Gasteiger partial charge in [0.1, 0.15) is 0 Å². The lowest BCUT2D eigenvalue weighted by atomic mass is 10.1. The molecule has 0 saturated heterocycles. The number of phenols is 3. The maximum absolute atomic E-state index is 13.2. The molecule has 0 amide bonds. The second kappa shape index (κ2) is 7.02. The summed E-state index contributed by atoms with van der Waals surface area (Å²) in [5.74, 6) is -3.87. The third-order valence-corrected chi connectivity index (χ3v) is 3.60. The molecule has 0 fully saturated rings. The van der Waals surface area contributed by atoms with E-state index in [2.05, 4.69) is 10.1 Å². The van der Waals surface area contributed by atoms with Crippen LogP contribution in [0.15, 0.2) is 28.8 Å². The van der Waals surface area contributed by atoms with Gasteiger partial charge in [-0.15, -0.1) is 0 Å². The average molecular weight is 391 g/mol. The van der Waals surface area contributed by atoms with Crippen molar-refractivity contribution in [1.82, 2.24) is 10.1 Å².